The summed E-state index contributed by atoms with van der Waals surface area (Å²) in [5.74, 6) is 0.448. The van der Waals surface area contributed by atoms with Crippen LogP contribution < -0.4 is 10.4 Å². The van der Waals surface area contributed by atoms with Gasteiger partial charge in [0.05, 0.1) is 5.39 Å². The van der Waals surface area contributed by atoms with Gasteiger partial charge in [-0.1, -0.05) is 30.3 Å². The van der Waals surface area contributed by atoms with Crippen LogP contribution in [0.5, 0.6) is 5.75 Å². The fourth-order valence-electron chi connectivity index (χ4n) is 2.75. The fourth-order valence-corrected chi connectivity index (χ4v) is 2.75. The predicted octanol–water partition coefficient (Wildman–Crippen LogP) is 4.06. The molecule has 1 unspecified atom stereocenters. The third kappa shape index (κ3) is 3.08. The molecule has 122 valence electrons. The number of aryl methyl sites for hydroxylation is 2. The van der Waals surface area contributed by atoms with E-state index < -0.39 is 11.7 Å². The molecular weight excluding hydrogens is 304 g/mol. The van der Waals surface area contributed by atoms with Crippen LogP contribution in [-0.2, 0) is 0 Å². The van der Waals surface area contributed by atoms with Gasteiger partial charge in [-0.3, -0.25) is 4.79 Å². The third-order valence-corrected chi connectivity index (χ3v) is 3.88. The minimum Gasteiger partial charge on any atom is -0.482 e. The van der Waals surface area contributed by atoms with Gasteiger partial charge in [0.25, 0.3) is 0 Å². The van der Waals surface area contributed by atoms with Crippen LogP contribution in [0.3, 0.4) is 0 Å². The van der Waals surface area contributed by atoms with E-state index in [-0.39, 0.29) is 5.78 Å². The maximum absolute atomic E-state index is 12.5. The number of ketones is 1. The molecule has 0 spiro atoms. The molecule has 0 aliphatic carbocycles. The summed E-state index contributed by atoms with van der Waals surface area (Å²) in [7, 11) is 0. The van der Waals surface area contributed by atoms with Crippen molar-refractivity contribution in [3.05, 3.63) is 75.6 Å². The predicted molar refractivity (Wildman–Crippen MR) is 92.8 cm³/mol. The van der Waals surface area contributed by atoms with Crippen molar-refractivity contribution >= 4 is 16.8 Å². The largest absolute Gasteiger partial charge is 0.482 e. The normalized spacial score (nSPS) is 12.1. The second kappa shape index (κ2) is 6.32. The van der Waals surface area contributed by atoms with E-state index in [9.17, 15) is 9.59 Å². The summed E-state index contributed by atoms with van der Waals surface area (Å²) in [5.41, 5.74) is 2.32. The standard InChI is InChI=1S/C20H18O4/c1-12-9-16(19-13(2)11-18(21)24-17(19)10-12)23-14(3)20(22)15-7-5-4-6-8-15/h4-11,14H,1-3H3. The van der Waals surface area contributed by atoms with Gasteiger partial charge in [-0.05, 0) is 44.0 Å². The van der Waals surface area contributed by atoms with Gasteiger partial charge < -0.3 is 9.15 Å². The summed E-state index contributed by atoms with van der Waals surface area (Å²) in [6, 6.07) is 14.1. The van der Waals surface area contributed by atoms with E-state index in [0.717, 1.165) is 11.1 Å². The number of rotatable bonds is 4. The Bertz CT molecular complexity index is 955. The smallest absolute Gasteiger partial charge is 0.336 e. The molecule has 0 saturated carbocycles. The number of carbonyl (C=O) groups excluding carboxylic acids is 1. The van der Waals surface area contributed by atoms with Gasteiger partial charge in [-0.2, -0.15) is 0 Å². The summed E-state index contributed by atoms with van der Waals surface area (Å²) in [5, 5.41) is 0.716. The van der Waals surface area contributed by atoms with E-state index in [0.29, 0.717) is 22.3 Å². The topological polar surface area (TPSA) is 56.5 Å². The molecule has 0 aliphatic heterocycles. The first-order valence-corrected chi connectivity index (χ1v) is 7.77. The summed E-state index contributed by atoms with van der Waals surface area (Å²) in [6.07, 6.45) is -0.649. The highest BCUT2D eigenvalue weighted by Gasteiger charge is 2.19. The minimum absolute atomic E-state index is 0.0970. The molecule has 0 radical (unpaired) electrons. The zero-order valence-corrected chi connectivity index (χ0v) is 13.8. The fraction of sp³-hybridized carbons (Fsp3) is 0.200. The van der Waals surface area contributed by atoms with Crippen molar-refractivity contribution in [1.82, 2.24) is 0 Å². The van der Waals surface area contributed by atoms with Crippen LogP contribution in [0.15, 0.2) is 57.7 Å². The Morgan fingerprint density at radius 2 is 1.79 bits per heavy atom. The first-order chi connectivity index (χ1) is 11.5. The van der Waals surface area contributed by atoms with Crippen LogP contribution in [0.2, 0.25) is 0 Å². The maximum atomic E-state index is 12.5. The van der Waals surface area contributed by atoms with Crippen molar-refractivity contribution < 1.29 is 13.9 Å². The van der Waals surface area contributed by atoms with Crippen molar-refractivity contribution in [2.45, 2.75) is 26.9 Å². The van der Waals surface area contributed by atoms with E-state index in [1.165, 1.54) is 6.07 Å². The Labute approximate surface area is 139 Å². The molecule has 0 amide bonds. The van der Waals surface area contributed by atoms with Crippen molar-refractivity contribution in [2.24, 2.45) is 0 Å². The molecule has 1 aromatic heterocycles. The molecule has 4 nitrogen and oxygen atoms in total. The Balaban J connectivity index is 2.01. The molecule has 0 fully saturated rings. The molecule has 2 aromatic carbocycles. The monoisotopic (exact) mass is 322 g/mol. The number of hydrogen-bond donors (Lipinski definition) is 0. The van der Waals surface area contributed by atoms with Gasteiger partial charge in [-0.15, -0.1) is 0 Å². The van der Waals surface area contributed by atoms with E-state index >= 15 is 0 Å². The Morgan fingerprint density at radius 3 is 2.50 bits per heavy atom. The van der Waals surface area contributed by atoms with Gasteiger partial charge in [0.1, 0.15) is 11.3 Å². The highest BCUT2D eigenvalue weighted by molar-refractivity contribution is 5.99. The van der Waals surface area contributed by atoms with Crippen LogP contribution >= 0.6 is 0 Å². The summed E-state index contributed by atoms with van der Waals surface area (Å²) in [6.45, 7) is 5.43. The maximum Gasteiger partial charge on any atom is 0.336 e. The number of carbonyl (C=O) groups is 1. The number of hydrogen-bond acceptors (Lipinski definition) is 4. The van der Waals surface area contributed by atoms with Gasteiger partial charge in [-0.25, -0.2) is 4.79 Å². The molecule has 0 aliphatic rings. The Hall–Kier alpha value is -2.88. The number of Topliss-reactive ketones (excluding diaryl/α,β-unsaturated/α-hetero) is 1. The van der Waals surface area contributed by atoms with E-state index in [2.05, 4.69) is 0 Å². The Morgan fingerprint density at radius 1 is 1.08 bits per heavy atom. The lowest BCUT2D eigenvalue weighted by Gasteiger charge is -2.16. The summed E-state index contributed by atoms with van der Waals surface area (Å²) in [4.78, 5) is 24.1. The van der Waals surface area contributed by atoms with E-state index in [1.807, 2.05) is 38.1 Å². The zero-order valence-electron chi connectivity index (χ0n) is 13.8. The Kier molecular flexibility index (Phi) is 4.21. The lowest BCUT2D eigenvalue weighted by molar-refractivity contribution is 0.0820. The molecule has 0 saturated heterocycles. The second-order valence-corrected chi connectivity index (χ2v) is 5.87. The quantitative estimate of drug-likeness (QED) is 0.537. The molecule has 3 rings (SSSR count). The molecule has 0 bridgehead atoms. The van der Waals surface area contributed by atoms with Crippen molar-refractivity contribution in [3.63, 3.8) is 0 Å². The lowest BCUT2D eigenvalue weighted by Crippen LogP contribution is -2.24. The van der Waals surface area contributed by atoms with E-state index in [1.54, 1.807) is 25.1 Å². The number of fused-ring (bicyclic) bond motifs is 1. The van der Waals surface area contributed by atoms with Crippen LogP contribution in [0, 0.1) is 13.8 Å². The van der Waals surface area contributed by atoms with Gasteiger partial charge in [0.15, 0.2) is 6.10 Å². The van der Waals surface area contributed by atoms with Gasteiger partial charge in [0.2, 0.25) is 5.78 Å². The van der Waals surface area contributed by atoms with Crippen molar-refractivity contribution in [2.75, 3.05) is 0 Å². The van der Waals surface area contributed by atoms with Gasteiger partial charge >= 0.3 is 5.63 Å². The van der Waals surface area contributed by atoms with Gasteiger partial charge in [0, 0.05) is 11.6 Å². The lowest BCUT2D eigenvalue weighted by atomic mass is 10.1. The second-order valence-electron chi connectivity index (χ2n) is 5.87. The first-order valence-electron chi connectivity index (χ1n) is 7.77. The molecule has 1 heterocycles. The van der Waals surface area contributed by atoms with Crippen molar-refractivity contribution in [1.29, 1.82) is 0 Å². The molecule has 1 atom stereocenters. The number of ether oxygens (including phenoxy) is 1. The zero-order chi connectivity index (χ0) is 17.3. The third-order valence-electron chi connectivity index (χ3n) is 3.88. The van der Waals surface area contributed by atoms with E-state index in [4.69, 9.17) is 9.15 Å². The summed E-state index contributed by atoms with van der Waals surface area (Å²) < 4.78 is 11.2. The van der Waals surface area contributed by atoms with Crippen LogP contribution in [0.1, 0.15) is 28.4 Å². The van der Waals surface area contributed by atoms with Crippen LogP contribution in [0.4, 0.5) is 0 Å². The van der Waals surface area contributed by atoms with Crippen molar-refractivity contribution in [3.8, 4) is 5.75 Å². The summed E-state index contributed by atoms with van der Waals surface area (Å²) >= 11 is 0. The molecular formula is C20H18O4. The van der Waals surface area contributed by atoms with Crippen LogP contribution in [0.25, 0.3) is 11.0 Å². The number of benzene rings is 2. The first kappa shape index (κ1) is 16.0. The molecule has 3 aromatic rings. The average Bonchev–Trinajstić information content (AvgIpc) is 2.53. The highest BCUT2D eigenvalue weighted by Crippen LogP contribution is 2.30. The highest BCUT2D eigenvalue weighted by atomic mass is 16.5. The molecule has 4 heteroatoms. The molecule has 24 heavy (non-hydrogen) atoms. The SMILES string of the molecule is Cc1cc(OC(C)C(=O)c2ccccc2)c2c(C)cc(=O)oc2c1. The van der Waals surface area contributed by atoms with Crippen LogP contribution in [-0.4, -0.2) is 11.9 Å². The average molecular weight is 322 g/mol. The molecule has 0 N–H and O–H groups in total. The minimum atomic E-state index is -0.649.